The minimum atomic E-state index is -0.355. The van der Waals surface area contributed by atoms with E-state index in [0.29, 0.717) is 11.6 Å². The maximum atomic E-state index is 11.7. The molecule has 0 heterocycles. The van der Waals surface area contributed by atoms with Gasteiger partial charge >= 0.3 is 0 Å². The molecule has 0 atom stereocenters. The van der Waals surface area contributed by atoms with Crippen LogP contribution in [0.1, 0.15) is 32.1 Å². The van der Waals surface area contributed by atoms with Crippen LogP contribution in [0.25, 0.3) is 0 Å². The van der Waals surface area contributed by atoms with Crippen LogP contribution in [0, 0.1) is 5.92 Å². The van der Waals surface area contributed by atoms with Crippen LogP contribution in [-0.2, 0) is 9.59 Å². The molecule has 0 aromatic heterocycles. The van der Waals surface area contributed by atoms with E-state index in [2.05, 4.69) is 10.6 Å². The molecule has 1 fully saturated rings. The summed E-state index contributed by atoms with van der Waals surface area (Å²) in [6.07, 6.45) is 6.46. The van der Waals surface area contributed by atoms with Crippen LogP contribution in [0.3, 0.4) is 0 Å². The fourth-order valence-electron chi connectivity index (χ4n) is 2.66. The van der Waals surface area contributed by atoms with Gasteiger partial charge in [0.2, 0.25) is 11.8 Å². The van der Waals surface area contributed by atoms with E-state index in [1.165, 1.54) is 32.1 Å². The predicted octanol–water partition coefficient (Wildman–Crippen LogP) is 1.66. The number of rotatable bonds is 7. The van der Waals surface area contributed by atoms with E-state index >= 15 is 0 Å². The Morgan fingerprint density at radius 2 is 1.78 bits per heavy atom. The van der Waals surface area contributed by atoms with Crippen LogP contribution in [0.2, 0.25) is 0 Å². The molecule has 2 rings (SSSR count). The minimum Gasteiger partial charge on any atom is -0.493 e. The number of hydrogen-bond acceptors (Lipinski definition) is 4. The zero-order valence-corrected chi connectivity index (χ0v) is 13.3. The van der Waals surface area contributed by atoms with Gasteiger partial charge in [-0.25, -0.2) is 0 Å². The second kappa shape index (κ2) is 9.15. The summed E-state index contributed by atoms with van der Waals surface area (Å²) >= 11 is 0. The molecule has 4 N–H and O–H groups in total. The Kier molecular flexibility index (Phi) is 6.87. The van der Waals surface area contributed by atoms with Gasteiger partial charge in [0.1, 0.15) is 5.75 Å². The molecular formula is C17H25N3O3. The van der Waals surface area contributed by atoms with Gasteiger partial charge in [-0.2, -0.15) is 0 Å². The van der Waals surface area contributed by atoms with E-state index in [9.17, 15) is 9.59 Å². The summed E-state index contributed by atoms with van der Waals surface area (Å²) in [4.78, 5) is 22.6. The molecule has 6 heteroatoms. The van der Waals surface area contributed by atoms with Gasteiger partial charge in [0.25, 0.3) is 0 Å². The van der Waals surface area contributed by atoms with Crippen molar-refractivity contribution in [1.29, 1.82) is 0 Å². The van der Waals surface area contributed by atoms with Gasteiger partial charge in [-0.05, 0) is 43.0 Å². The van der Waals surface area contributed by atoms with Crippen LogP contribution < -0.4 is 21.1 Å². The van der Waals surface area contributed by atoms with E-state index in [-0.39, 0.29) is 24.9 Å². The van der Waals surface area contributed by atoms with Gasteiger partial charge < -0.3 is 21.1 Å². The molecule has 1 aromatic carbocycles. The van der Waals surface area contributed by atoms with Crippen molar-refractivity contribution in [3.63, 3.8) is 0 Å². The number of amides is 2. The van der Waals surface area contributed by atoms with E-state index in [0.717, 1.165) is 12.4 Å². The molecule has 1 aliphatic rings. The lowest BCUT2D eigenvalue weighted by Crippen LogP contribution is -2.36. The molecule has 0 spiro atoms. The predicted molar refractivity (Wildman–Crippen MR) is 89.2 cm³/mol. The van der Waals surface area contributed by atoms with Crippen LogP contribution in [0.5, 0.6) is 5.75 Å². The first-order chi connectivity index (χ1) is 11.2. The van der Waals surface area contributed by atoms with Gasteiger partial charge in [0.15, 0.2) is 0 Å². The Balaban J connectivity index is 1.73. The van der Waals surface area contributed by atoms with Crippen molar-refractivity contribution in [3.05, 3.63) is 24.3 Å². The van der Waals surface area contributed by atoms with Gasteiger partial charge in [-0.15, -0.1) is 0 Å². The lowest BCUT2D eigenvalue weighted by atomic mass is 9.90. The average molecular weight is 319 g/mol. The first-order valence-electron chi connectivity index (χ1n) is 8.17. The largest absolute Gasteiger partial charge is 0.493 e. The number of ether oxygens (including phenoxy) is 1. The van der Waals surface area contributed by atoms with Crippen molar-refractivity contribution in [2.24, 2.45) is 11.7 Å². The molecule has 2 amide bonds. The van der Waals surface area contributed by atoms with Crippen LogP contribution in [0.15, 0.2) is 24.3 Å². The van der Waals surface area contributed by atoms with Crippen molar-refractivity contribution in [3.8, 4) is 5.75 Å². The quantitative estimate of drug-likeness (QED) is 0.712. The Hall–Kier alpha value is -2.08. The molecule has 0 aliphatic heterocycles. The highest BCUT2D eigenvalue weighted by atomic mass is 16.5. The number of carbonyl (C=O) groups is 2. The van der Waals surface area contributed by atoms with E-state index in [4.69, 9.17) is 10.5 Å². The Morgan fingerprint density at radius 1 is 1.09 bits per heavy atom. The van der Waals surface area contributed by atoms with Gasteiger partial charge in [0.05, 0.1) is 19.7 Å². The number of nitrogens with one attached hydrogen (secondary N) is 2. The standard InChI is InChI=1S/C17H25N3O3/c18-10-16(21)19-11-17(22)20-14-6-8-15(9-7-14)23-12-13-4-2-1-3-5-13/h6-9,13H,1-5,10-12,18H2,(H,19,21)(H,20,22). The summed E-state index contributed by atoms with van der Waals surface area (Å²) in [6, 6.07) is 7.27. The summed E-state index contributed by atoms with van der Waals surface area (Å²) in [7, 11) is 0. The van der Waals surface area contributed by atoms with Crippen LogP contribution in [-0.4, -0.2) is 31.5 Å². The van der Waals surface area contributed by atoms with Crippen molar-refractivity contribution in [2.45, 2.75) is 32.1 Å². The molecule has 0 radical (unpaired) electrons. The highest BCUT2D eigenvalue weighted by Crippen LogP contribution is 2.25. The van der Waals surface area contributed by atoms with E-state index in [1.54, 1.807) is 12.1 Å². The third-order valence-corrected chi connectivity index (χ3v) is 3.98. The van der Waals surface area contributed by atoms with Gasteiger partial charge in [0, 0.05) is 5.69 Å². The summed E-state index contributed by atoms with van der Waals surface area (Å²) in [6.45, 7) is 0.549. The number of hydrogen-bond donors (Lipinski definition) is 3. The second-order valence-electron chi connectivity index (χ2n) is 5.87. The fourth-order valence-corrected chi connectivity index (χ4v) is 2.66. The molecule has 1 aliphatic carbocycles. The summed E-state index contributed by atoms with van der Waals surface area (Å²) < 4.78 is 5.82. The van der Waals surface area contributed by atoms with Crippen LogP contribution >= 0.6 is 0 Å². The first kappa shape index (κ1) is 17.3. The maximum absolute atomic E-state index is 11.7. The molecule has 1 saturated carbocycles. The maximum Gasteiger partial charge on any atom is 0.243 e. The average Bonchev–Trinajstić information content (AvgIpc) is 2.60. The molecule has 1 aromatic rings. The number of anilines is 1. The Bertz CT molecular complexity index is 510. The Morgan fingerprint density at radius 3 is 2.43 bits per heavy atom. The zero-order chi connectivity index (χ0) is 16.5. The lowest BCUT2D eigenvalue weighted by molar-refractivity contribution is -0.123. The number of benzene rings is 1. The minimum absolute atomic E-state index is 0.0873. The van der Waals surface area contributed by atoms with Crippen LogP contribution in [0.4, 0.5) is 5.69 Å². The van der Waals surface area contributed by atoms with E-state index < -0.39 is 0 Å². The van der Waals surface area contributed by atoms with Gasteiger partial charge in [-0.1, -0.05) is 19.3 Å². The zero-order valence-electron chi connectivity index (χ0n) is 13.3. The third-order valence-electron chi connectivity index (χ3n) is 3.98. The number of nitrogens with two attached hydrogens (primary N) is 1. The van der Waals surface area contributed by atoms with Crippen molar-refractivity contribution < 1.29 is 14.3 Å². The lowest BCUT2D eigenvalue weighted by Gasteiger charge is -2.21. The molecule has 0 saturated heterocycles. The summed E-state index contributed by atoms with van der Waals surface area (Å²) in [5, 5.41) is 5.12. The highest BCUT2D eigenvalue weighted by Gasteiger charge is 2.13. The molecule has 126 valence electrons. The van der Waals surface area contributed by atoms with Crippen molar-refractivity contribution in [1.82, 2.24) is 5.32 Å². The third kappa shape index (κ3) is 6.28. The molecule has 6 nitrogen and oxygen atoms in total. The summed E-state index contributed by atoms with van der Waals surface area (Å²) in [5.41, 5.74) is 5.82. The molecular weight excluding hydrogens is 294 g/mol. The summed E-state index contributed by atoms with van der Waals surface area (Å²) in [5.74, 6) is 0.827. The number of carbonyl (C=O) groups excluding carboxylic acids is 2. The van der Waals surface area contributed by atoms with Crippen molar-refractivity contribution in [2.75, 3.05) is 25.0 Å². The monoisotopic (exact) mass is 319 g/mol. The van der Waals surface area contributed by atoms with Crippen molar-refractivity contribution >= 4 is 17.5 Å². The normalized spacial score (nSPS) is 15.0. The topological polar surface area (TPSA) is 93.5 Å². The van der Waals surface area contributed by atoms with E-state index in [1.807, 2.05) is 12.1 Å². The fraction of sp³-hybridized carbons (Fsp3) is 0.529. The smallest absolute Gasteiger partial charge is 0.243 e. The molecule has 0 bridgehead atoms. The second-order valence-corrected chi connectivity index (χ2v) is 5.87. The Labute approximate surface area is 136 Å². The first-order valence-corrected chi connectivity index (χ1v) is 8.17. The highest BCUT2D eigenvalue weighted by molar-refractivity contribution is 5.94. The SMILES string of the molecule is NCC(=O)NCC(=O)Nc1ccc(OCC2CCCCC2)cc1. The van der Waals surface area contributed by atoms with Gasteiger partial charge in [-0.3, -0.25) is 9.59 Å². The molecule has 0 unspecified atom stereocenters. The molecule has 23 heavy (non-hydrogen) atoms.